The quantitative estimate of drug-likeness (QED) is 0.555. The SMILES string of the molecule is O=S(=O)(c1ccc2ccccc2c1)N(CCCc1ccccc1)CCNO. The molecule has 0 spiro atoms. The van der Waals surface area contributed by atoms with Crippen molar-refractivity contribution in [3.63, 3.8) is 0 Å². The molecule has 0 aromatic heterocycles. The average Bonchev–Trinajstić information content (AvgIpc) is 2.70. The van der Waals surface area contributed by atoms with Crippen LogP contribution >= 0.6 is 0 Å². The average molecular weight is 385 g/mol. The number of rotatable bonds is 9. The van der Waals surface area contributed by atoms with Crippen molar-refractivity contribution in [1.82, 2.24) is 9.79 Å². The highest BCUT2D eigenvalue weighted by atomic mass is 32.2. The number of aryl methyl sites for hydroxylation is 1. The van der Waals surface area contributed by atoms with Crippen molar-refractivity contribution in [2.75, 3.05) is 19.6 Å². The van der Waals surface area contributed by atoms with E-state index >= 15 is 0 Å². The molecule has 6 heteroatoms. The fraction of sp³-hybridized carbons (Fsp3) is 0.238. The summed E-state index contributed by atoms with van der Waals surface area (Å²) in [5, 5.41) is 10.8. The summed E-state index contributed by atoms with van der Waals surface area (Å²) in [6.07, 6.45) is 1.51. The molecular formula is C21H24N2O3S. The summed E-state index contributed by atoms with van der Waals surface area (Å²) >= 11 is 0. The van der Waals surface area contributed by atoms with Gasteiger partial charge in [-0.3, -0.25) is 0 Å². The minimum Gasteiger partial charge on any atom is -0.317 e. The van der Waals surface area contributed by atoms with Gasteiger partial charge in [0, 0.05) is 19.6 Å². The van der Waals surface area contributed by atoms with Crippen molar-refractivity contribution in [3.05, 3.63) is 78.4 Å². The zero-order chi connectivity index (χ0) is 19.1. The first-order valence-electron chi connectivity index (χ1n) is 9.01. The maximum absolute atomic E-state index is 13.1. The Morgan fingerprint density at radius 1 is 0.852 bits per heavy atom. The molecule has 142 valence electrons. The Hall–Kier alpha value is -2.25. The van der Waals surface area contributed by atoms with E-state index < -0.39 is 10.0 Å². The highest BCUT2D eigenvalue weighted by molar-refractivity contribution is 7.89. The van der Waals surface area contributed by atoms with Crippen LogP contribution in [0, 0.1) is 0 Å². The smallest absolute Gasteiger partial charge is 0.243 e. The van der Waals surface area contributed by atoms with Crippen molar-refractivity contribution >= 4 is 20.8 Å². The molecule has 0 bridgehead atoms. The second-order valence-electron chi connectivity index (χ2n) is 6.41. The van der Waals surface area contributed by atoms with Gasteiger partial charge in [0.05, 0.1) is 4.90 Å². The molecule has 0 fully saturated rings. The largest absolute Gasteiger partial charge is 0.317 e. The van der Waals surface area contributed by atoms with Gasteiger partial charge in [-0.2, -0.15) is 4.31 Å². The second-order valence-corrected chi connectivity index (χ2v) is 8.35. The van der Waals surface area contributed by atoms with E-state index in [-0.39, 0.29) is 18.0 Å². The molecule has 0 aliphatic heterocycles. The summed E-state index contributed by atoms with van der Waals surface area (Å²) < 4.78 is 27.7. The lowest BCUT2D eigenvalue weighted by atomic mass is 10.1. The zero-order valence-electron chi connectivity index (χ0n) is 15.1. The molecule has 0 unspecified atom stereocenters. The third kappa shape index (κ3) is 4.93. The Balaban J connectivity index is 1.78. The van der Waals surface area contributed by atoms with Gasteiger partial charge >= 0.3 is 0 Å². The second kappa shape index (κ2) is 9.10. The zero-order valence-corrected chi connectivity index (χ0v) is 15.9. The summed E-state index contributed by atoms with van der Waals surface area (Å²) in [4.78, 5) is 0.277. The number of sulfonamides is 1. The van der Waals surface area contributed by atoms with Gasteiger partial charge in [0.1, 0.15) is 0 Å². The lowest BCUT2D eigenvalue weighted by Crippen LogP contribution is -2.37. The van der Waals surface area contributed by atoms with Crippen LogP contribution in [0.1, 0.15) is 12.0 Å². The fourth-order valence-corrected chi connectivity index (χ4v) is 4.62. The third-order valence-electron chi connectivity index (χ3n) is 4.55. The molecule has 0 amide bonds. The Labute approximate surface area is 160 Å². The van der Waals surface area contributed by atoms with Crippen LogP contribution in [0.25, 0.3) is 10.8 Å². The molecular weight excluding hydrogens is 360 g/mol. The van der Waals surface area contributed by atoms with Crippen LogP contribution in [0.5, 0.6) is 0 Å². The lowest BCUT2D eigenvalue weighted by molar-refractivity contribution is 0.160. The van der Waals surface area contributed by atoms with E-state index in [0.29, 0.717) is 13.0 Å². The summed E-state index contributed by atoms with van der Waals surface area (Å²) in [5.41, 5.74) is 3.23. The summed E-state index contributed by atoms with van der Waals surface area (Å²) in [6, 6.07) is 22.9. The summed E-state index contributed by atoms with van der Waals surface area (Å²) in [5.74, 6) is 0. The van der Waals surface area contributed by atoms with Crippen LogP contribution < -0.4 is 5.48 Å². The first kappa shape index (κ1) is 19.5. The van der Waals surface area contributed by atoms with Crippen LogP contribution in [-0.4, -0.2) is 37.6 Å². The van der Waals surface area contributed by atoms with Gasteiger partial charge in [-0.25, -0.2) is 13.9 Å². The number of hydroxylamine groups is 1. The van der Waals surface area contributed by atoms with Gasteiger partial charge in [-0.1, -0.05) is 60.7 Å². The predicted molar refractivity (Wildman–Crippen MR) is 107 cm³/mol. The maximum Gasteiger partial charge on any atom is 0.243 e. The lowest BCUT2D eigenvalue weighted by Gasteiger charge is -2.22. The van der Waals surface area contributed by atoms with Gasteiger partial charge in [0.15, 0.2) is 0 Å². The number of hydrogen-bond acceptors (Lipinski definition) is 4. The number of hydrogen-bond donors (Lipinski definition) is 2. The predicted octanol–water partition coefficient (Wildman–Crippen LogP) is 3.44. The van der Waals surface area contributed by atoms with Gasteiger partial charge in [-0.15, -0.1) is 0 Å². The molecule has 0 aliphatic carbocycles. The van der Waals surface area contributed by atoms with Crippen LogP contribution in [0.4, 0.5) is 0 Å². The fourth-order valence-electron chi connectivity index (χ4n) is 3.11. The Morgan fingerprint density at radius 3 is 2.30 bits per heavy atom. The van der Waals surface area contributed by atoms with Gasteiger partial charge in [0.2, 0.25) is 10.0 Å². The highest BCUT2D eigenvalue weighted by Gasteiger charge is 2.24. The Morgan fingerprint density at radius 2 is 1.56 bits per heavy atom. The first-order chi connectivity index (χ1) is 13.1. The van der Waals surface area contributed by atoms with E-state index in [0.717, 1.165) is 17.2 Å². The van der Waals surface area contributed by atoms with Crippen molar-refractivity contribution < 1.29 is 13.6 Å². The molecule has 0 radical (unpaired) electrons. The first-order valence-corrected chi connectivity index (χ1v) is 10.4. The maximum atomic E-state index is 13.1. The number of fused-ring (bicyclic) bond motifs is 1. The van der Waals surface area contributed by atoms with Crippen LogP contribution in [0.3, 0.4) is 0 Å². The van der Waals surface area contributed by atoms with Crippen molar-refractivity contribution in [3.8, 4) is 0 Å². The van der Waals surface area contributed by atoms with E-state index in [4.69, 9.17) is 5.21 Å². The topological polar surface area (TPSA) is 69.6 Å². The van der Waals surface area contributed by atoms with E-state index in [1.54, 1.807) is 12.1 Å². The minimum atomic E-state index is -3.64. The number of nitrogens with one attached hydrogen (secondary N) is 1. The Kier molecular flexibility index (Phi) is 6.58. The number of nitrogens with zero attached hydrogens (tertiary/aromatic N) is 1. The molecule has 3 aromatic rings. The molecule has 5 nitrogen and oxygen atoms in total. The van der Waals surface area contributed by atoms with Crippen LogP contribution in [0.2, 0.25) is 0 Å². The molecule has 27 heavy (non-hydrogen) atoms. The molecule has 3 aromatic carbocycles. The summed E-state index contributed by atoms with van der Waals surface area (Å²) in [6.45, 7) is 0.782. The molecule has 3 rings (SSSR count). The molecule has 0 atom stereocenters. The Bertz CT molecular complexity index is 975. The third-order valence-corrected chi connectivity index (χ3v) is 6.44. The monoisotopic (exact) mass is 384 g/mol. The highest BCUT2D eigenvalue weighted by Crippen LogP contribution is 2.22. The van der Waals surface area contributed by atoms with Crippen molar-refractivity contribution in [1.29, 1.82) is 0 Å². The standard InChI is InChI=1S/C21H24N2O3S/c24-22-14-16-23(15-6-9-18-7-2-1-3-8-18)27(25,26)21-13-12-19-10-4-5-11-20(19)17-21/h1-5,7-8,10-13,17,22,24H,6,9,14-16H2. The molecule has 0 saturated carbocycles. The van der Waals surface area contributed by atoms with Crippen molar-refractivity contribution in [2.24, 2.45) is 0 Å². The van der Waals surface area contributed by atoms with E-state index in [9.17, 15) is 8.42 Å². The summed E-state index contributed by atoms with van der Waals surface area (Å²) in [7, 11) is -3.64. The van der Waals surface area contributed by atoms with Crippen LogP contribution in [-0.2, 0) is 16.4 Å². The van der Waals surface area contributed by atoms with Crippen LogP contribution in [0.15, 0.2) is 77.7 Å². The van der Waals surface area contributed by atoms with Gasteiger partial charge in [0.25, 0.3) is 0 Å². The normalized spacial score (nSPS) is 11.9. The minimum absolute atomic E-state index is 0.179. The molecule has 0 saturated heterocycles. The van der Waals surface area contributed by atoms with Crippen molar-refractivity contribution in [2.45, 2.75) is 17.7 Å². The van der Waals surface area contributed by atoms with Gasteiger partial charge in [-0.05, 0) is 41.3 Å². The molecule has 2 N–H and O–H groups in total. The number of benzene rings is 3. The molecule has 0 aliphatic rings. The van der Waals surface area contributed by atoms with E-state index in [1.807, 2.05) is 60.7 Å². The molecule has 0 heterocycles. The van der Waals surface area contributed by atoms with E-state index in [1.165, 1.54) is 9.87 Å². The van der Waals surface area contributed by atoms with E-state index in [2.05, 4.69) is 5.48 Å². The van der Waals surface area contributed by atoms with Gasteiger partial charge < -0.3 is 5.21 Å².